The van der Waals surface area contributed by atoms with E-state index in [9.17, 15) is 43.8 Å². The second-order valence-corrected chi connectivity index (χ2v) is 33.4. The Labute approximate surface area is 701 Å². The van der Waals surface area contributed by atoms with Gasteiger partial charge in [0.05, 0.1) is 66.9 Å². The van der Waals surface area contributed by atoms with E-state index in [4.69, 9.17) is 96.4 Å². The standard InChI is InChI=1S/2C30H53N3O6.C22H21Cl3N4O.C4H4O4/c2*1-19(2)22(14-21-10-11-26(38-8)27(15-21)39-13-9-12-37-7)16-24(31)25(34)17-23(20(3)4)28(35)33-18-30(5,6)29(32)36;1-14-20(22(30)27-28-11-3-2-4-12-28)26-29(19-10-9-17(24)13-18(19)25)21(14)15-5-7-16(23)8-6-15;5-3(6)1-2-4(7)8/h2*10-11,15,19-20,22-25,34H,9,12-14,16-18,31H2,1-8H3,(H2,32,36)(H,33,35);5-10,13H,2-4,11-12H2,1H3,(H,27,30);1-2H,(H,5,6)(H,7,8)/b;;;2-1+/t22-,23+,24-,25-;22-,23-,24-,25-;;/m00../s1. The number of hydrogen-bond acceptors (Lipinski definition) is 19. The van der Waals surface area contributed by atoms with Crippen molar-refractivity contribution in [3.63, 3.8) is 0 Å². The lowest BCUT2D eigenvalue weighted by atomic mass is 9.80. The summed E-state index contributed by atoms with van der Waals surface area (Å²) >= 11 is 18.6. The quantitative estimate of drug-likeness (QED) is 0.0127. The normalized spacial score (nSPS) is 14.6. The number of nitrogens with zero attached hydrogens (tertiary/aromatic N) is 3. The molecule has 0 spiro atoms. The number of halogens is 3. The molecule has 2 heterocycles. The molecule has 0 saturated carbocycles. The highest BCUT2D eigenvalue weighted by Gasteiger charge is 2.35. The zero-order valence-electron chi connectivity index (χ0n) is 70.9. The van der Waals surface area contributed by atoms with Gasteiger partial charge in [-0.25, -0.2) is 19.3 Å². The van der Waals surface area contributed by atoms with Crippen molar-refractivity contribution in [1.29, 1.82) is 0 Å². The van der Waals surface area contributed by atoms with Gasteiger partial charge in [0.25, 0.3) is 5.91 Å². The molecule has 0 radical (unpaired) electrons. The number of hydrazine groups is 1. The fourth-order valence-electron chi connectivity index (χ4n) is 12.6. The molecule has 648 valence electrons. The fraction of sp³-hybridized carbons (Fsp3) is 0.581. The maximum Gasteiger partial charge on any atom is 0.328 e. The maximum absolute atomic E-state index is 13.1. The van der Waals surface area contributed by atoms with Crippen LogP contribution in [0.1, 0.15) is 168 Å². The number of nitrogens with two attached hydrogens (primary N) is 4. The first kappa shape index (κ1) is 102. The summed E-state index contributed by atoms with van der Waals surface area (Å²) in [5.74, 6) is -1.16. The highest BCUT2D eigenvalue weighted by Crippen LogP contribution is 2.37. The van der Waals surface area contributed by atoms with E-state index in [0.29, 0.717) is 113 Å². The van der Waals surface area contributed by atoms with Crippen molar-refractivity contribution < 1.29 is 82.4 Å². The van der Waals surface area contributed by atoms with Crippen molar-refractivity contribution in [3.05, 3.63) is 128 Å². The number of aromatic nitrogens is 2. The van der Waals surface area contributed by atoms with Gasteiger partial charge in [0.2, 0.25) is 23.6 Å². The third-order valence-corrected chi connectivity index (χ3v) is 21.4. The van der Waals surface area contributed by atoms with E-state index in [-0.39, 0.29) is 67.3 Å². The number of aliphatic hydroxyl groups is 2. The second-order valence-electron chi connectivity index (χ2n) is 32.1. The molecule has 4 aromatic carbocycles. The Bertz CT molecular complexity index is 3750. The molecule has 15 N–H and O–H groups in total. The van der Waals surface area contributed by atoms with Crippen molar-refractivity contribution in [3.8, 4) is 39.9 Å². The number of hydrogen-bond donors (Lipinski definition) is 11. The summed E-state index contributed by atoms with van der Waals surface area (Å²) < 4.78 is 34.7. The Morgan fingerprint density at radius 3 is 1.33 bits per heavy atom. The number of amides is 5. The van der Waals surface area contributed by atoms with Gasteiger partial charge in [0.15, 0.2) is 28.7 Å². The number of nitrogens with one attached hydrogen (secondary N) is 3. The van der Waals surface area contributed by atoms with E-state index in [1.165, 1.54) is 6.42 Å². The van der Waals surface area contributed by atoms with E-state index in [1.54, 1.807) is 79.0 Å². The molecule has 27 nitrogen and oxygen atoms in total. The van der Waals surface area contributed by atoms with Gasteiger partial charge in [0.1, 0.15) is 0 Å². The molecule has 1 aliphatic rings. The van der Waals surface area contributed by atoms with Crippen LogP contribution >= 0.6 is 34.8 Å². The maximum atomic E-state index is 13.1. The number of benzene rings is 4. The van der Waals surface area contributed by atoms with Crippen LogP contribution in [0, 0.1) is 65.1 Å². The first-order valence-corrected chi connectivity index (χ1v) is 40.8. The molecular formula is C86H131Cl3N10O17. The van der Waals surface area contributed by atoms with E-state index in [0.717, 1.165) is 79.6 Å². The first-order valence-electron chi connectivity index (χ1n) is 39.6. The summed E-state index contributed by atoms with van der Waals surface area (Å²) in [4.78, 5) is 81.3. The predicted molar refractivity (Wildman–Crippen MR) is 455 cm³/mol. The molecule has 30 heteroatoms. The molecular weight excluding hydrogens is 1550 g/mol. The van der Waals surface area contributed by atoms with E-state index >= 15 is 0 Å². The van der Waals surface area contributed by atoms with Gasteiger partial charge < -0.3 is 82.4 Å². The molecule has 0 unspecified atom stereocenters. The van der Waals surface area contributed by atoms with Gasteiger partial charge in [0, 0.05) is 124 Å². The summed E-state index contributed by atoms with van der Waals surface area (Å²) in [7, 11) is 6.58. The lowest BCUT2D eigenvalue weighted by molar-refractivity contribution is -0.134. The predicted octanol–water partition coefficient (Wildman–Crippen LogP) is 12.2. The summed E-state index contributed by atoms with van der Waals surface area (Å²) in [5, 5.41) is 51.6. The summed E-state index contributed by atoms with van der Waals surface area (Å²) in [6.45, 7) is 29.3. The molecule has 0 bridgehead atoms. The van der Waals surface area contributed by atoms with Crippen molar-refractivity contribution in [2.45, 2.75) is 185 Å². The zero-order valence-corrected chi connectivity index (χ0v) is 73.2. The molecule has 8 atom stereocenters. The van der Waals surface area contributed by atoms with Crippen LogP contribution < -0.4 is 57.9 Å². The minimum absolute atomic E-state index is 0.00829. The molecule has 1 aliphatic heterocycles. The zero-order chi connectivity index (χ0) is 87.3. The number of carbonyl (C=O) groups excluding carboxylic acids is 5. The highest BCUT2D eigenvalue weighted by atomic mass is 35.5. The van der Waals surface area contributed by atoms with E-state index in [2.05, 4.69) is 48.9 Å². The second kappa shape index (κ2) is 51.3. The number of aliphatic hydroxyl groups excluding tert-OH is 2. The van der Waals surface area contributed by atoms with E-state index < -0.39 is 70.7 Å². The average molecular weight is 1680 g/mol. The highest BCUT2D eigenvalue weighted by molar-refractivity contribution is 6.35. The van der Waals surface area contributed by atoms with Crippen LogP contribution in [0.4, 0.5) is 0 Å². The minimum Gasteiger partial charge on any atom is -0.493 e. The molecule has 0 aliphatic carbocycles. The third-order valence-electron chi connectivity index (χ3n) is 20.6. The van der Waals surface area contributed by atoms with E-state index in [1.807, 2.05) is 100 Å². The van der Waals surface area contributed by atoms with Gasteiger partial charge in [-0.05, 0) is 187 Å². The Balaban J connectivity index is 0.000000431. The molecule has 1 saturated heterocycles. The molecule has 6 rings (SSSR count). The van der Waals surface area contributed by atoms with Crippen LogP contribution in [0.15, 0.2) is 91.0 Å². The van der Waals surface area contributed by atoms with Crippen molar-refractivity contribution in [1.82, 2.24) is 30.8 Å². The number of ether oxygens (including phenoxy) is 6. The number of aliphatic carboxylic acids is 2. The number of carbonyl (C=O) groups is 7. The molecule has 1 aromatic heterocycles. The largest absolute Gasteiger partial charge is 0.493 e. The van der Waals surface area contributed by atoms with Gasteiger partial charge in [-0.1, -0.05) is 121 Å². The van der Waals surface area contributed by atoms with Crippen LogP contribution in [-0.2, 0) is 51.1 Å². The van der Waals surface area contributed by atoms with Crippen LogP contribution in [0.2, 0.25) is 15.1 Å². The van der Waals surface area contributed by atoms with Crippen LogP contribution in [0.5, 0.6) is 23.0 Å². The molecule has 116 heavy (non-hydrogen) atoms. The molecule has 5 amide bonds. The van der Waals surface area contributed by atoms with Gasteiger partial charge in [-0.3, -0.25) is 29.4 Å². The average Bonchev–Trinajstić information content (AvgIpc) is 1.62. The SMILES string of the molecule is COCCCOc1cc(C[C@@H](C[C@H](N)[C@@H](O)C[C@@H](C(=O)NCC(C)(C)C(N)=O)C(C)C)C(C)C)ccc1OC.COCCCOc1cc(C[C@@H](C[C@H](N)[C@@H](O)C[C@H](C(=O)NCC(C)(C)C(N)=O)C(C)C)C(C)C)ccc1OC.Cc1c(C(=O)NN2CCCCC2)nn(-c2ccc(Cl)cc2Cl)c1-c1ccc(Cl)cc1.O=C(O)/C=C/C(=O)O. The molecule has 1 fully saturated rings. The van der Waals surface area contributed by atoms with Gasteiger partial charge >= 0.3 is 11.9 Å². The minimum atomic E-state index is -1.26. The number of carboxylic acids is 2. The lowest BCUT2D eigenvalue weighted by Crippen LogP contribution is -2.46. The van der Waals surface area contributed by atoms with Gasteiger partial charge in [-0.2, -0.15) is 5.10 Å². The van der Waals surface area contributed by atoms with Crippen LogP contribution in [0.25, 0.3) is 16.9 Å². The Morgan fingerprint density at radius 2 is 0.966 bits per heavy atom. The monoisotopic (exact) mass is 1680 g/mol. The van der Waals surface area contributed by atoms with Crippen LogP contribution in [-0.4, -0.2) is 182 Å². The fourth-order valence-corrected chi connectivity index (χ4v) is 13.2. The summed E-state index contributed by atoms with van der Waals surface area (Å²) in [6, 6.07) is 23.6. The number of methoxy groups -OCH3 is 4. The molecule has 5 aromatic rings. The van der Waals surface area contributed by atoms with Gasteiger partial charge in [-0.15, -0.1) is 0 Å². The number of rotatable bonds is 44. The van der Waals surface area contributed by atoms with Crippen molar-refractivity contribution >= 4 is 76.3 Å². The topological polar surface area (TPSA) is 417 Å². The number of piperidine rings is 1. The Morgan fingerprint density at radius 1 is 0.552 bits per heavy atom. The summed E-state index contributed by atoms with van der Waals surface area (Å²) in [5.41, 5.74) is 30.8. The summed E-state index contributed by atoms with van der Waals surface area (Å²) in [6.07, 6.45) is 7.57. The first-order chi connectivity index (χ1) is 54.5. The third kappa shape index (κ3) is 35.2. The Hall–Kier alpha value is -8.09. The van der Waals surface area contributed by atoms with Crippen molar-refractivity contribution in [2.75, 3.05) is 81.0 Å². The number of primary amides is 2. The smallest absolute Gasteiger partial charge is 0.328 e. The van der Waals surface area contributed by atoms with Crippen LogP contribution in [0.3, 0.4) is 0 Å². The Kier molecular flexibility index (Phi) is 45.1. The number of carboxylic acid groups (broad SMARTS) is 2. The van der Waals surface area contributed by atoms with Crippen molar-refractivity contribution in [2.24, 2.45) is 81.1 Å². The lowest BCUT2D eigenvalue weighted by Gasteiger charge is -2.30.